The molecule has 25 heavy (non-hydrogen) atoms. The van der Waals surface area contributed by atoms with E-state index in [2.05, 4.69) is 18.0 Å². The molecule has 1 N–H and O–H groups in total. The number of rotatable bonds is 19. The summed E-state index contributed by atoms with van der Waals surface area (Å²) in [4.78, 5) is 0. The maximum absolute atomic E-state index is 10.8. The molecular formula is C20H42O4S. The van der Waals surface area contributed by atoms with Crippen LogP contribution in [0.4, 0.5) is 0 Å². The van der Waals surface area contributed by atoms with Crippen LogP contribution in [0.3, 0.4) is 0 Å². The molecule has 0 heterocycles. The molecule has 0 aromatic carbocycles. The molecule has 0 radical (unpaired) electrons. The summed E-state index contributed by atoms with van der Waals surface area (Å²) in [6.45, 7) is 4.58. The van der Waals surface area contributed by atoms with E-state index in [-0.39, 0.29) is 12.5 Å². The summed E-state index contributed by atoms with van der Waals surface area (Å²) in [5, 5.41) is 0. The van der Waals surface area contributed by atoms with Crippen LogP contribution in [0, 0.1) is 5.92 Å². The van der Waals surface area contributed by atoms with E-state index in [1.807, 2.05) is 0 Å². The van der Waals surface area contributed by atoms with E-state index in [4.69, 9.17) is 4.55 Å². The highest BCUT2D eigenvalue weighted by atomic mass is 32.3. The second-order valence-corrected chi connectivity index (χ2v) is 8.49. The van der Waals surface area contributed by atoms with Gasteiger partial charge in [0, 0.05) is 0 Å². The van der Waals surface area contributed by atoms with Gasteiger partial charge in [0.25, 0.3) is 0 Å². The minimum Gasteiger partial charge on any atom is -0.264 e. The third-order valence-electron chi connectivity index (χ3n) is 4.88. The van der Waals surface area contributed by atoms with Crippen LogP contribution in [-0.4, -0.2) is 19.6 Å². The van der Waals surface area contributed by atoms with Gasteiger partial charge in [-0.2, -0.15) is 8.42 Å². The molecule has 0 fully saturated rings. The molecule has 0 aliphatic heterocycles. The highest BCUT2D eigenvalue weighted by Gasteiger charge is 2.13. The summed E-state index contributed by atoms with van der Waals surface area (Å²) in [6, 6.07) is 0. The lowest BCUT2D eigenvalue weighted by Crippen LogP contribution is -2.14. The second-order valence-electron chi connectivity index (χ2n) is 7.40. The lowest BCUT2D eigenvalue weighted by molar-refractivity contribution is 0.204. The fourth-order valence-corrected chi connectivity index (χ4v) is 3.64. The minimum absolute atomic E-state index is 0.129. The molecule has 0 bridgehead atoms. The van der Waals surface area contributed by atoms with Gasteiger partial charge in [-0.15, -0.1) is 0 Å². The Morgan fingerprint density at radius 3 is 1.40 bits per heavy atom. The molecule has 0 amide bonds. The molecule has 0 saturated carbocycles. The number of unbranched alkanes of at least 4 members (excludes halogenated alkanes) is 12. The molecule has 0 rings (SSSR count). The Kier molecular flexibility index (Phi) is 17.2. The van der Waals surface area contributed by atoms with Gasteiger partial charge in [-0.05, 0) is 18.8 Å². The molecule has 0 aromatic heterocycles. The first-order valence-electron chi connectivity index (χ1n) is 10.6. The fourth-order valence-electron chi connectivity index (χ4n) is 3.27. The molecular weight excluding hydrogens is 336 g/mol. The molecule has 152 valence electrons. The maximum Gasteiger partial charge on any atom is 0.397 e. The van der Waals surface area contributed by atoms with Gasteiger partial charge in [0.05, 0.1) is 6.61 Å². The fraction of sp³-hybridized carbons (Fsp3) is 1.00. The maximum atomic E-state index is 10.8. The van der Waals surface area contributed by atoms with E-state index in [0.717, 1.165) is 25.7 Å². The van der Waals surface area contributed by atoms with Gasteiger partial charge in [0.2, 0.25) is 0 Å². The summed E-state index contributed by atoms with van der Waals surface area (Å²) in [6.07, 6.45) is 19.7. The molecule has 0 aliphatic rings. The smallest absolute Gasteiger partial charge is 0.264 e. The molecule has 1 atom stereocenters. The predicted molar refractivity (Wildman–Crippen MR) is 106 cm³/mol. The summed E-state index contributed by atoms with van der Waals surface area (Å²) in [7, 11) is -4.31. The summed E-state index contributed by atoms with van der Waals surface area (Å²) in [5.74, 6) is 0.244. The van der Waals surface area contributed by atoms with Gasteiger partial charge in [0.1, 0.15) is 0 Å². The zero-order valence-electron chi connectivity index (χ0n) is 16.7. The minimum atomic E-state index is -4.31. The molecule has 4 nitrogen and oxygen atoms in total. The molecule has 0 saturated heterocycles. The van der Waals surface area contributed by atoms with Crippen LogP contribution in [0.2, 0.25) is 0 Å². The third-order valence-corrected chi connectivity index (χ3v) is 5.32. The zero-order valence-corrected chi connectivity index (χ0v) is 17.5. The van der Waals surface area contributed by atoms with E-state index in [1.165, 1.54) is 77.0 Å². The van der Waals surface area contributed by atoms with Crippen molar-refractivity contribution in [2.45, 2.75) is 117 Å². The Morgan fingerprint density at radius 1 is 0.680 bits per heavy atom. The topological polar surface area (TPSA) is 63.6 Å². The van der Waals surface area contributed by atoms with Gasteiger partial charge < -0.3 is 0 Å². The standard InChI is InChI=1S/C20H42O4S/c1-3-5-7-9-11-12-14-16-18-20(19-24-25(21,22)23)17-15-13-10-8-6-4-2/h20H,3-19H2,1-2H3,(H,21,22,23)/t20-/m0/s1. The summed E-state index contributed by atoms with van der Waals surface area (Å²) in [5.41, 5.74) is 0. The normalized spacial score (nSPS) is 13.2. The van der Waals surface area contributed by atoms with Crippen molar-refractivity contribution in [3.8, 4) is 0 Å². The van der Waals surface area contributed by atoms with Crippen LogP contribution in [0.5, 0.6) is 0 Å². The Labute approximate surface area is 157 Å². The first-order chi connectivity index (χ1) is 12.0. The largest absolute Gasteiger partial charge is 0.397 e. The molecule has 5 heteroatoms. The SMILES string of the molecule is CCCCCCCCCC[C@H](CCCCCCCC)COS(=O)(=O)O. The van der Waals surface area contributed by atoms with E-state index < -0.39 is 10.4 Å². The third kappa shape index (κ3) is 20.0. The summed E-state index contributed by atoms with van der Waals surface area (Å²) >= 11 is 0. The second kappa shape index (κ2) is 17.3. The molecule has 0 aromatic rings. The molecule has 0 spiro atoms. The monoisotopic (exact) mass is 378 g/mol. The number of hydrogen-bond acceptors (Lipinski definition) is 3. The highest BCUT2D eigenvalue weighted by molar-refractivity contribution is 7.80. The quantitative estimate of drug-likeness (QED) is 0.200. The first-order valence-corrected chi connectivity index (χ1v) is 12.0. The van der Waals surface area contributed by atoms with Crippen LogP contribution in [0.15, 0.2) is 0 Å². The Hall–Kier alpha value is -0.130. The van der Waals surface area contributed by atoms with Crippen molar-refractivity contribution in [1.82, 2.24) is 0 Å². The lowest BCUT2D eigenvalue weighted by atomic mass is 9.95. The lowest BCUT2D eigenvalue weighted by Gasteiger charge is -2.16. The van der Waals surface area contributed by atoms with Crippen molar-refractivity contribution in [2.75, 3.05) is 6.61 Å². The van der Waals surface area contributed by atoms with E-state index in [9.17, 15) is 8.42 Å². The van der Waals surface area contributed by atoms with Crippen molar-refractivity contribution in [3.05, 3.63) is 0 Å². The van der Waals surface area contributed by atoms with Gasteiger partial charge in [-0.25, -0.2) is 4.18 Å². The van der Waals surface area contributed by atoms with Gasteiger partial charge >= 0.3 is 10.4 Å². The summed E-state index contributed by atoms with van der Waals surface area (Å²) < 4.78 is 35.1. The van der Waals surface area contributed by atoms with Crippen molar-refractivity contribution in [1.29, 1.82) is 0 Å². The zero-order chi connectivity index (χ0) is 18.8. The first kappa shape index (κ1) is 24.9. The van der Waals surface area contributed by atoms with Crippen LogP contribution >= 0.6 is 0 Å². The van der Waals surface area contributed by atoms with E-state index in [0.29, 0.717) is 0 Å². The van der Waals surface area contributed by atoms with E-state index >= 15 is 0 Å². The highest BCUT2D eigenvalue weighted by Crippen LogP contribution is 2.20. The van der Waals surface area contributed by atoms with Crippen LogP contribution in [-0.2, 0) is 14.6 Å². The van der Waals surface area contributed by atoms with Crippen LogP contribution in [0.1, 0.15) is 117 Å². The molecule has 0 aliphatic carbocycles. The average molecular weight is 379 g/mol. The van der Waals surface area contributed by atoms with Crippen LogP contribution < -0.4 is 0 Å². The number of hydrogen-bond donors (Lipinski definition) is 1. The van der Waals surface area contributed by atoms with Crippen molar-refractivity contribution in [2.24, 2.45) is 5.92 Å². The Bertz CT molecular complexity index is 368. The predicted octanol–water partition coefficient (Wildman–Crippen LogP) is 6.70. The van der Waals surface area contributed by atoms with Crippen molar-refractivity contribution >= 4 is 10.4 Å². The van der Waals surface area contributed by atoms with Gasteiger partial charge in [0.15, 0.2) is 0 Å². The van der Waals surface area contributed by atoms with Gasteiger partial charge in [-0.3, -0.25) is 4.55 Å². The van der Waals surface area contributed by atoms with Crippen LogP contribution in [0.25, 0.3) is 0 Å². The average Bonchev–Trinajstić information content (AvgIpc) is 2.56. The van der Waals surface area contributed by atoms with Crippen molar-refractivity contribution < 1.29 is 17.2 Å². The molecule has 0 unspecified atom stereocenters. The van der Waals surface area contributed by atoms with E-state index in [1.54, 1.807) is 0 Å². The van der Waals surface area contributed by atoms with Gasteiger partial charge in [-0.1, -0.05) is 104 Å². The Morgan fingerprint density at radius 2 is 1.04 bits per heavy atom. The Balaban J connectivity index is 3.85. The van der Waals surface area contributed by atoms with Crippen molar-refractivity contribution in [3.63, 3.8) is 0 Å².